The van der Waals surface area contributed by atoms with E-state index in [1.54, 1.807) is 24.4 Å². The summed E-state index contributed by atoms with van der Waals surface area (Å²) in [4.78, 5) is 34.3. The maximum absolute atomic E-state index is 17.0. The van der Waals surface area contributed by atoms with Crippen LogP contribution in [0.3, 0.4) is 0 Å². The van der Waals surface area contributed by atoms with Crippen molar-refractivity contribution < 1.29 is 24.2 Å². The third-order valence-corrected chi connectivity index (χ3v) is 13.5. The Morgan fingerprint density at radius 2 is 1.58 bits per heavy atom. The van der Waals surface area contributed by atoms with Crippen LogP contribution in [-0.4, -0.2) is 56.1 Å². The molecule has 1 aromatic heterocycles. The van der Waals surface area contributed by atoms with Gasteiger partial charge in [0.1, 0.15) is 3.70 Å². The SMILES string of the molecule is CC1(C)CCC2(CC1)C(c1ccc(Cl)cc1NC=O)[C@@H](c1ccnc(I)c1F)[C@H](C(=O)NC1CCC(O)CC1)N2[C@H](c1ccccc1)[C@@H](O)c1ccccc1. The Labute approximate surface area is 341 Å². The van der Waals surface area contributed by atoms with Crippen molar-refractivity contribution in [3.63, 3.8) is 0 Å². The van der Waals surface area contributed by atoms with Gasteiger partial charge in [-0.25, -0.2) is 9.37 Å². The molecule has 3 fully saturated rings. The van der Waals surface area contributed by atoms with E-state index in [-0.39, 0.29) is 21.1 Å². The molecule has 290 valence electrons. The molecule has 1 saturated heterocycles. The van der Waals surface area contributed by atoms with Gasteiger partial charge in [-0.1, -0.05) is 92.2 Å². The van der Waals surface area contributed by atoms with Gasteiger partial charge in [0.25, 0.3) is 0 Å². The van der Waals surface area contributed by atoms with Gasteiger partial charge >= 0.3 is 0 Å². The molecule has 55 heavy (non-hydrogen) atoms. The number of nitrogens with one attached hydrogen (secondary N) is 2. The highest BCUT2D eigenvalue weighted by molar-refractivity contribution is 14.1. The molecule has 5 atom stereocenters. The van der Waals surface area contributed by atoms with Crippen molar-refractivity contribution in [3.05, 3.63) is 128 Å². The van der Waals surface area contributed by atoms with E-state index in [4.69, 9.17) is 11.6 Å². The number of nitrogens with zero attached hydrogens (tertiary/aromatic N) is 2. The lowest BCUT2D eigenvalue weighted by Gasteiger charge is -2.53. The molecule has 2 aliphatic carbocycles. The summed E-state index contributed by atoms with van der Waals surface area (Å²) in [5, 5.41) is 29.9. The molecular weight excluding hydrogens is 830 g/mol. The van der Waals surface area contributed by atoms with Crippen LogP contribution < -0.4 is 10.6 Å². The predicted molar refractivity (Wildman–Crippen MR) is 221 cm³/mol. The van der Waals surface area contributed by atoms with Gasteiger partial charge in [0.2, 0.25) is 12.3 Å². The molecule has 1 aliphatic heterocycles. The molecule has 8 nitrogen and oxygen atoms in total. The molecule has 4 aromatic rings. The first kappa shape index (κ1) is 39.8. The topological polar surface area (TPSA) is 115 Å². The van der Waals surface area contributed by atoms with E-state index in [2.05, 4.69) is 34.4 Å². The van der Waals surface area contributed by atoms with Crippen LogP contribution in [0, 0.1) is 14.9 Å². The average molecular weight is 879 g/mol. The van der Waals surface area contributed by atoms with Gasteiger partial charge in [-0.05, 0) is 120 Å². The molecule has 1 spiro atoms. The first-order chi connectivity index (χ1) is 26.4. The molecule has 0 radical (unpaired) electrons. The molecule has 4 N–H and O–H groups in total. The smallest absolute Gasteiger partial charge is 0.238 e. The van der Waals surface area contributed by atoms with Crippen LogP contribution in [0.4, 0.5) is 10.1 Å². The van der Waals surface area contributed by atoms with E-state index >= 15 is 9.18 Å². The van der Waals surface area contributed by atoms with Crippen LogP contribution in [0.5, 0.6) is 0 Å². The van der Waals surface area contributed by atoms with Crippen molar-refractivity contribution in [2.45, 2.75) is 113 Å². The number of aromatic nitrogens is 1. The summed E-state index contributed by atoms with van der Waals surface area (Å²) in [6.07, 6.45) is 6.01. The number of amides is 2. The van der Waals surface area contributed by atoms with Gasteiger partial charge in [0.15, 0.2) is 5.82 Å². The minimum absolute atomic E-state index is 0.0122. The van der Waals surface area contributed by atoms with Crippen molar-refractivity contribution in [1.82, 2.24) is 15.2 Å². The Bertz CT molecular complexity index is 1970. The van der Waals surface area contributed by atoms with Crippen LogP contribution in [0.15, 0.2) is 91.1 Å². The maximum atomic E-state index is 17.0. The highest BCUT2D eigenvalue weighted by Gasteiger charge is 2.65. The van der Waals surface area contributed by atoms with Crippen LogP contribution in [0.2, 0.25) is 5.02 Å². The number of rotatable bonds is 10. The summed E-state index contributed by atoms with van der Waals surface area (Å²) in [5.41, 5.74) is 2.28. The lowest BCUT2D eigenvalue weighted by Crippen LogP contribution is -2.58. The quantitative estimate of drug-likeness (QED) is 0.0720. The first-order valence-electron chi connectivity index (χ1n) is 19.3. The Morgan fingerprint density at radius 3 is 2.22 bits per heavy atom. The minimum Gasteiger partial charge on any atom is -0.393 e. The van der Waals surface area contributed by atoms with Gasteiger partial charge in [0, 0.05) is 40.3 Å². The number of halogens is 3. The number of hydrogen-bond acceptors (Lipinski definition) is 6. The number of aliphatic hydroxyl groups is 2. The Kier molecular flexibility index (Phi) is 12.0. The van der Waals surface area contributed by atoms with E-state index in [1.165, 1.54) is 0 Å². The molecule has 2 amide bonds. The van der Waals surface area contributed by atoms with Gasteiger partial charge < -0.3 is 20.8 Å². The van der Waals surface area contributed by atoms with Crippen molar-refractivity contribution in [2.75, 3.05) is 5.32 Å². The van der Waals surface area contributed by atoms with E-state index < -0.39 is 47.5 Å². The summed E-state index contributed by atoms with van der Waals surface area (Å²) in [6.45, 7) is 4.51. The molecule has 11 heteroatoms. The lowest BCUT2D eigenvalue weighted by atomic mass is 9.61. The number of likely N-dealkylation sites (tertiary alicyclic amines) is 1. The Hall–Kier alpha value is -3.42. The lowest BCUT2D eigenvalue weighted by molar-refractivity contribution is -0.133. The number of carbonyl (C=O) groups excluding carboxylic acids is 2. The normalized spacial score (nSPS) is 25.9. The van der Waals surface area contributed by atoms with E-state index in [0.29, 0.717) is 66.8 Å². The number of aliphatic hydroxyl groups excluding tert-OH is 2. The number of pyridine rings is 1. The first-order valence-corrected chi connectivity index (χ1v) is 20.7. The summed E-state index contributed by atoms with van der Waals surface area (Å²) in [7, 11) is 0. The fraction of sp³-hybridized carbons (Fsp3) is 0.432. The molecule has 1 unspecified atom stereocenters. The van der Waals surface area contributed by atoms with Crippen LogP contribution >= 0.6 is 34.2 Å². The molecule has 2 heterocycles. The minimum atomic E-state index is -1.07. The second kappa shape index (κ2) is 16.6. The Morgan fingerprint density at radius 1 is 0.945 bits per heavy atom. The monoisotopic (exact) mass is 878 g/mol. The van der Waals surface area contributed by atoms with Gasteiger partial charge in [-0.15, -0.1) is 0 Å². The predicted octanol–water partition coefficient (Wildman–Crippen LogP) is 8.83. The van der Waals surface area contributed by atoms with E-state index in [9.17, 15) is 15.0 Å². The maximum Gasteiger partial charge on any atom is 0.238 e. The van der Waals surface area contributed by atoms with E-state index in [1.807, 2.05) is 89.3 Å². The summed E-state index contributed by atoms with van der Waals surface area (Å²) in [6, 6.07) is 24.5. The number of anilines is 1. The van der Waals surface area contributed by atoms with Crippen molar-refractivity contribution in [3.8, 4) is 0 Å². The zero-order valence-electron chi connectivity index (χ0n) is 31.2. The van der Waals surface area contributed by atoms with Crippen molar-refractivity contribution in [1.29, 1.82) is 0 Å². The second-order valence-corrected chi connectivity index (χ2v) is 17.8. The number of hydrogen-bond donors (Lipinski definition) is 4. The van der Waals surface area contributed by atoms with E-state index in [0.717, 1.165) is 24.0 Å². The van der Waals surface area contributed by atoms with Crippen LogP contribution in [-0.2, 0) is 9.59 Å². The molecule has 3 aromatic carbocycles. The molecule has 2 saturated carbocycles. The molecule has 3 aliphatic rings. The molecule has 0 bridgehead atoms. The largest absolute Gasteiger partial charge is 0.393 e. The fourth-order valence-corrected chi connectivity index (χ4v) is 10.4. The third-order valence-electron chi connectivity index (χ3n) is 12.6. The standard InChI is InChI=1S/C44H49ClFIN4O4/c1-43(2)20-22-44(23-21-43)36(32-18-13-29(45)25-34(32)49-26-52)35(33-19-24-48-41(47)37(33)46)39(42(55)50-30-14-16-31(53)17-15-30)51(44)38(27-9-5-3-6-10-27)40(54)28-11-7-4-8-12-28/h3-13,18-19,24-26,30-31,35-36,38-40,53-54H,14-17,20-23H2,1-2H3,(H,49,52)(H,50,55)/t30?,31?,35-,36?,38-,39-,40+/m1/s1. The Balaban J connectivity index is 1.55. The molecule has 7 rings (SSSR count). The van der Waals surface area contributed by atoms with Crippen LogP contribution in [0.1, 0.15) is 111 Å². The zero-order chi connectivity index (χ0) is 38.9. The third kappa shape index (κ3) is 7.94. The van der Waals surface area contributed by atoms with Crippen LogP contribution in [0.25, 0.3) is 0 Å². The van der Waals surface area contributed by atoms with Crippen molar-refractivity contribution in [2.24, 2.45) is 5.41 Å². The number of benzene rings is 3. The second-order valence-electron chi connectivity index (χ2n) is 16.3. The highest BCUT2D eigenvalue weighted by atomic mass is 127. The molecular formula is C44H49ClFIN4O4. The zero-order valence-corrected chi connectivity index (χ0v) is 34.1. The summed E-state index contributed by atoms with van der Waals surface area (Å²) < 4.78 is 17.1. The summed E-state index contributed by atoms with van der Waals surface area (Å²) in [5.74, 6) is -2.09. The highest BCUT2D eigenvalue weighted by Crippen LogP contribution is 2.65. The summed E-state index contributed by atoms with van der Waals surface area (Å²) >= 11 is 8.50. The van der Waals surface area contributed by atoms with Gasteiger partial charge in [-0.2, -0.15) is 0 Å². The fourth-order valence-electron chi connectivity index (χ4n) is 9.79. The van der Waals surface area contributed by atoms with Gasteiger partial charge in [-0.3, -0.25) is 14.5 Å². The average Bonchev–Trinajstić information content (AvgIpc) is 3.45. The van der Waals surface area contributed by atoms with Gasteiger partial charge in [0.05, 0.1) is 24.3 Å². The number of carbonyl (C=O) groups is 2. The van der Waals surface area contributed by atoms with Crippen molar-refractivity contribution >= 4 is 52.2 Å².